The molecule has 0 aliphatic rings. The molecule has 0 atom stereocenters. The average molecular weight is 223 g/mol. The summed E-state index contributed by atoms with van der Waals surface area (Å²) in [6.45, 7) is 2.93. The molecular formula is C12H17NO3. The summed E-state index contributed by atoms with van der Waals surface area (Å²) in [6, 6.07) is 5.51. The molecule has 1 N–H and O–H groups in total. The van der Waals surface area contributed by atoms with Gasteiger partial charge in [-0.25, -0.2) is 0 Å². The molecule has 0 radical (unpaired) electrons. The quantitative estimate of drug-likeness (QED) is 0.767. The van der Waals surface area contributed by atoms with Crippen LogP contribution in [0.5, 0.6) is 5.75 Å². The Hall–Kier alpha value is -1.55. The van der Waals surface area contributed by atoms with E-state index in [0.29, 0.717) is 24.5 Å². The molecule has 0 heterocycles. The van der Waals surface area contributed by atoms with E-state index >= 15 is 0 Å². The van der Waals surface area contributed by atoms with Crippen LogP contribution in [0.25, 0.3) is 0 Å². The fourth-order valence-corrected chi connectivity index (χ4v) is 1.36. The standard InChI is InChI=1S/C12H17NO3/c1-9-4-5-11(16-3)10(8-9)12(14)13-6-7-15-2/h4-5,8H,6-7H2,1-3H3,(H,13,14). The third-order valence-electron chi connectivity index (χ3n) is 2.19. The fourth-order valence-electron chi connectivity index (χ4n) is 1.36. The smallest absolute Gasteiger partial charge is 0.255 e. The van der Waals surface area contributed by atoms with Crippen molar-refractivity contribution < 1.29 is 14.3 Å². The van der Waals surface area contributed by atoms with Gasteiger partial charge in [0.2, 0.25) is 0 Å². The van der Waals surface area contributed by atoms with E-state index in [1.54, 1.807) is 26.4 Å². The molecule has 16 heavy (non-hydrogen) atoms. The van der Waals surface area contributed by atoms with Crippen LogP contribution in [0.2, 0.25) is 0 Å². The Labute approximate surface area is 95.6 Å². The second kappa shape index (κ2) is 6.12. The Morgan fingerprint density at radius 2 is 2.12 bits per heavy atom. The molecule has 4 heteroatoms. The van der Waals surface area contributed by atoms with E-state index in [1.165, 1.54) is 0 Å². The summed E-state index contributed by atoms with van der Waals surface area (Å²) in [5.74, 6) is 0.443. The monoisotopic (exact) mass is 223 g/mol. The SMILES string of the molecule is COCCNC(=O)c1cc(C)ccc1OC. The van der Waals surface area contributed by atoms with Crippen LogP contribution >= 0.6 is 0 Å². The number of amides is 1. The molecule has 0 bridgehead atoms. The normalized spacial score (nSPS) is 9.94. The van der Waals surface area contributed by atoms with Gasteiger partial charge in [0.1, 0.15) is 5.75 Å². The molecule has 0 unspecified atom stereocenters. The molecule has 88 valence electrons. The van der Waals surface area contributed by atoms with E-state index < -0.39 is 0 Å². The van der Waals surface area contributed by atoms with Gasteiger partial charge in [-0.2, -0.15) is 0 Å². The predicted octanol–water partition coefficient (Wildman–Crippen LogP) is 1.38. The van der Waals surface area contributed by atoms with Gasteiger partial charge in [0.25, 0.3) is 5.91 Å². The lowest BCUT2D eigenvalue weighted by molar-refractivity contribution is 0.0934. The molecule has 4 nitrogen and oxygen atoms in total. The van der Waals surface area contributed by atoms with E-state index in [4.69, 9.17) is 9.47 Å². The summed E-state index contributed by atoms with van der Waals surface area (Å²) in [4.78, 5) is 11.8. The van der Waals surface area contributed by atoms with Gasteiger partial charge in [-0.05, 0) is 19.1 Å². The average Bonchev–Trinajstić information content (AvgIpc) is 2.29. The van der Waals surface area contributed by atoms with E-state index in [-0.39, 0.29) is 5.91 Å². The van der Waals surface area contributed by atoms with Crippen LogP contribution in [0.4, 0.5) is 0 Å². The maximum absolute atomic E-state index is 11.8. The minimum Gasteiger partial charge on any atom is -0.496 e. The van der Waals surface area contributed by atoms with Crippen molar-refractivity contribution in [3.63, 3.8) is 0 Å². The lowest BCUT2D eigenvalue weighted by Gasteiger charge is -2.09. The van der Waals surface area contributed by atoms with Crippen LogP contribution in [0.1, 0.15) is 15.9 Å². The molecule has 0 fully saturated rings. The lowest BCUT2D eigenvalue weighted by atomic mass is 10.1. The first-order valence-electron chi connectivity index (χ1n) is 5.11. The van der Waals surface area contributed by atoms with Crippen molar-refractivity contribution in [3.8, 4) is 5.75 Å². The zero-order valence-electron chi connectivity index (χ0n) is 9.87. The summed E-state index contributed by atoms with van der Waals surface area (Å²) >= 11 is 0. The van der Waals surface area contributed by atoms with Gasteiger partial charge in [0.05, 0.1) is 19.3 Å². The largest absolute Gasteiger partial charge is 0.496 e. The first-order valence-corrected chi connectivity index (χ1v) is 5.11. The summed E-state index contributed by atoms with van der Waals surface area (Å²) in [5.41, 5.74) is 1.58. The van der Waals surface area contributed by atoms with Crippen LogP contribution in [0.15, 0.2) is 18.2 Å². The van der Waals surface area contributed by atoms with Crippen molar-refractivity contribution in [3.05, 3.63) is 29.3 Å². The van der Waals surface area contributed by atoms with Crippen molar-refractivity contribution >= 4 is 5.91 Å². The summed E-state index contributed by atoms with van der Waals surface area (Å²) in [7, 11) is 3.15. The topological polar surface area (TPSA) is 47.6 Å². The number of benzene rings is 1. The minimum absolute atomic E-state index is 0.141. The van der Waals surface area contributed by atoms with E-state index in [9.17, 15) is 4.79 Å². The highest BCUT2D eigenvalue weighted by molar-refractivity contribution is 5.97. The highest BCUT2D eigenvalue weighted by atomic mass is 16.5. The number of hydrogen-bond donors (Lipinski definition) is 1. The Morgan fingerprint density at radius 3 is 2.75 bits per heavy atom. The third-order valence-corrected chi connectivity index (χ3v) is 2.19. The Balaban J connectivity index is 2.76. The molecule has 1 amide bonds. The molecule has 0 saturated carbocycles. The van der Waals surface area contributed by atoms with Crippen molar-refractivity contribution in [1.29, 1.82) is 0 Å². The van der Waals surface area contributed by atoms with Gasteiger partial charge >= 0.3 is 0 Å². The van der Waals surface area contributed by atoms with E-state index in [2.05, 4.69) is 5.32 Å². The Morgan fingerprint density at radius 1 is 1.38 bits per heavy atom. The number of hydrogen-bond acceptors (Lipinski definition) is 3. The Kier molecular flexibility index (Phi) is 4.79. The highest BCUT2D eigenvalue weighted by Gasteiger charge is 2.11. The van der Waals surface area contributed by atoms with Crippen LogP contribution in [-0.2, 0) is 4.74 Å². The van der Waals surface area contributed by atoms with Crippen molar-refractivity contribution in [2.75, 3.05) is 27.4 Å². The molecule has 1 aromatic carbocycles. The van der Waals surface area contributed by atoms with Crippen LogP contribution in [0.3, 0.4) is 0 Å². The summed E-state index contributed by atoms with van der Waals surface area (Å²) < 4.78 is 10.00. The Bertz CT molecular complexity index is 363. The van der Waals surface area contributed by atoms with Crippen molar-refractivity contribution in [2.24, 2.45) is 0 Å². The van der Waals surface area contributed by atoms with Crippen LogP contribution in [-0.4, -0.2) is 33.3 Å². The van der Waals surface area contributed by atoms with Gasteiger partial charge in [-0.15, -0.1) is 0 Å². The second-order valence-corrected chi connectivity index (χ2v) is 3.45. The van der Waals surface area contributed by atoms with Crippen molar-refractivity contribution in [1.82, 2.24) is 5.32 Å². The van der Waals surface area contributed by atoms with Gasteiger partial charge in [0, 0.05) is 13.7 Å². The van der Waals surface area contributed by atoms with E-state index in [1.807, 2.05) is 13.0 Å². The first-order chi connectivity index (χ1) is 7.69. The highest BCUT2D eigenvalue weighted by Crippen LogP contribution is 2.19. The number of nitrogens with one attached hydrogen (secondary N) is 1. The maximum atomic E-state index is 11.8. The molecule has 0 aromatic heterocycles. The number of rotatable bonds is 5. The van der Waals surface area contributed by atoms with Gasteiger partial charge in [-0.3, -0.25) is 4.79 Å². The summed E-state index contributed by atoms with van der Waals surface area (Å²) in [6.07, 6.45) is 0. The minimum atomic E-state index is -0.141. The summed E-state index contributed by atoms with van der Waals surface area (Å²) in [5, 5.41) is 2.76. The zero-order valence-corrected chi connectivity index (χ0v) is 9.87. The zero-order chi connectivity index (χ0) is 12.0. The second-order valence-electron chi connectivity index (χ2n) is 3.45. The molecule has 1 aromatic rings. The van der Waals surface area contributed by atoms with Crippen LogP contribution in [0, 0.1) is 6.92 Å². The van der Waals surface area contributed by atoms with E-state index in [0.717, 1.165) is 5.56 Å². The molecule has 0 saturated heterocycles. The molecule has 0 aliphatic heterocycles. The lowest BCUT2D eigenvalue weighted by Crippen LogP contribution is -2.27. The van der Waals surface area contributed by atoms with Crippen molar-refractivity contribution in [2.45, 2.75) is 6.92 Å². The van der Waals surface area contributed by atoms with Gasteiger partial charge in [-0.1, -0.05) is 11.6 Å². The number of ether oxygens (including phenoxy) is 2. The number of carbonyl (C=O) groups is 1. The molecule has 0 spiro atoms. The van der Waals surface area contributed by atoms with Crippen LogP contribution < -0.4 is 10.1 Å². The van der Waals surface area contributed by atoms with Gasteiger partial charge in [0.15, 0.2) is 0 Å². The number of methoxy groups -OCH3 is 2. The maximum Gasteiger partial charge on any atom is 0.255 e. The molecule has 1 rings (SSSR count). The number of aryl methyl sites for hydroxylation is 1. The first kappa shape index (κ1) is 12.5. The fraction of sp³-hybridized carbons (Fsp3) is 0.417. The predicted molar refractivity (Wildman–Crippen MR) is 61.9 cm³/mol. The third kappa shape index (κ3) is 3.24. The van der Waals surface area contributed by atoms with Gasteiger partial charge < -0.3 is 14.8 Å². The molecular weight excluding hydrogens is 206 g/mol. The number of carbonyl (C=O) groups excluding carboxylic acids is 1. The molecule has 0 aliphatic carbocycles.